The lowest BCUT2D eigenvalue weighted by atomic mass is 10.1. The smallest absolute Gasteiger partial charge is 0.319 e. The zero-order chi connectivity index (χ0) is 15.8. The van der Waals surface area contributed by atoms with Crippen molar-refractivity contribution < 1.29 is 9.53 Å². The molecule has 0 fully saturated rings. The summed E-state index contributed by atoms with van der Waals surface area (Å²) in [5.41, 5.74) is 1.43. The van der Waals surface area contributed by atoms with Gasteiger partial charge in [0, 0.05) is 5.69 Å². The molecule has 0 radical (unpaired) electrons. The number of benzene rings is 2. The fourth-order valence-electron chi connectivity index (χ4n) is 2.03. The van der Waals surface area contributed by atoms with E-state index in [0.29, 0.717) is 13.2 Å². The Morgan fingerprint density at radius 3 is 2.23 bits per heavy atom. The number of amides is 2. The lowest BCUT2D eigenvalue weighted by Gasteiger charge is -2.26. The predicted octanol–water partition coefficient (Wildman–Crippen LogP) is 3.80. The third-order valence-corrected chi connectivity index (χ3v) is 3.06. The Labute approximate surface area is 131 Å². The summed E-state index contributed by atoms with van der Waals surface area (Å²) in [5, 5.41) is 5.72. The second-order valence-electron chi connectivity index (χ2n) is 5.81. The minimum Gasteiger partial charge on any atom is -0.374 e. The Morgan fingerprint density at radius 1 is 1.00 bits per heavy atom. The van der Waals surface area contributed by atoms with Crippen LogP contribution in [0.4, 0.5) is 10.5 Å². The first-order chi connectivity index (χ1) is 10.6. The molecule has 0 saturated carbocycles. The van der Waals surface area contributed by atoms with Crippen molar-refractivity contribution in [1.82, 2.24) is 5.32 Å². The van der Waals surface area contributed by atoms with Crippen molar-refractivity contribution in [1.29, 1.82) is 0 Å². The third-order valence-electron chi connectivity index (χ3n) is 3.06. The van der Waals surface area contributed by atoms with Crippen LogP contribution in [0, 0.1) is 0 Å². The van der Waals surface area contributed by atoms with Gasteiger partial charge in [0.05, 0.1) is 18.8 Å². The first kappa shape index (κ1) is 16.0. The summed E-state index contributed by atoms with van der Waals surface area (Å²) in [6, 6.07) is 19.1. The molecule has 116 valence electrons. The van der Waals surface area contributed by atoms with E-state index in [1.54, 1.807) is 0 Å². The van der Waals surface area contributed by atoms with Gasteiger partial charge >= 0.3 is 6.03 Å². The largest absolute Gasteiger partial charge is 0.374 e. The van der Waals surface area contributed by atoms with E-state index in [0.717, 1.165) is 11.3 Å². The standard InChI is InChI=1S/C18H22N2O2/c1-18(2,14-22-13-15-9-5-3-6-10-15)20-17(21)19-16-11-7-4-8-12-16/h3-12H,13-14H2,1-2H3,(H2,19,20,21). The van der Waals surface area contributed by atoms with Gasteiger partial charge in [-0.05, 0) is 31.5 Å². The van der Waals surface area contributed by atoms with E-state index in [2.05, 4.69) is 10.6 Å². The molecule has 2 aromatic carbocycles. The van der Waals surface area contributed by atoms with Gasteiger partial charge in [-0.2, -0.15) is 0 Å². The first-order valence-electron chi connectivity index (χ1n) is 7.31. The maximum absolute atomic E-state index is 12.0. The lowest BCUT2D eigenvalue weighted by Crippen LogP contribution is -2.48. The molecule has 0 aliphatic carbocycles. The van der Waals surface area contributed by atoms with Crippen molar-refractivity contribution in [3.8, 4) is 0 Å². The SMILES string of the molecule is CC(C)(COCc1ccccc1)NC(=O)Nc1ccccc1. The van der Waals surface area contributed by atoms with Gasteiger partial charge in [0.2, 0.25) is 0 Å². The van der Waals surface area contributed by atoms with Crippen LogP contribution in [-0.4, -0.2) is 18.2 Å². The molecular weight excluding hydrogens is 276 g/mol. The van der Waals surface area contributed by atoms with Crippen LogP contribution in [0.3, 0.4) is 0 Å². The maximum Gasteiger partial charge on any atom is 0.319 e. The summed E-state index contributed by atoms with van der Waals surface area (Å²) in [5.74, 6) is 0. The molecule has 0 heterocycles. The Bertz CT molecular complexity index is 583. The van der Waals surface area contributed by atoms with E-state index in [4.69, 9.17) is 4.74 Å². The number of hydrogen-bond acceptors (Lipinski definition) is 2. The fraction of sp³-hybridized carbons (Fsp3) is 0.278. The van der Waals surface area contributed by atoms with Crippen molar-refractivity contribution >= 4 is 11.7 Å². The lowest BCUT2D eigenvalue weighted by molar-refractivity contribution is 0.0753. The summed E-state index contributed by atoms with van der Waals surface area (Å²) < 4.78 is 5.69. The molecule has 0 atom stereocenters. The number of anilines is 1. The van der Waals surface area contributed by atoms with Gasteiger partial charge in [-0.15, -0.1) is 0 Å². The third kappa shape index (κ3) is 5.58. The first-order valence-corrected chi connectivity index (χ1v) is 7.31. The highest BCUT2D eigenvalue weighted by Gasteiger charge is 2.20. The number of carbonyl (C=O) groups is 1. The van der Waals surface area contributed by atoms with E-state index in [1.165, 1.54) is 0 Å². The van der Waals surface area contributed by atoms with Crippen molar-refractivity contribution in [3.63, 3.8) is 0 Å². The maximum atomic E-state index is 12.0. The average Bonchev–Trinajstić information content (AvgIpc) is 2.48. The minimum absolute atomic E-state index is 0.237. The van der Waals surface area contributed by atoms with Gasteiger partial charge in [-0.1, -0.05) is 48.5 Å². The molecule has 0 saturated heterocycles. The zero-order valence-corrected chi connectivity index (χ0v) is 13.0. The number of para-hydroxylation sites is 1. The van der Waals surface area contributed by atoms with Crippen LogP contribution >= 0.6 is 0 Å². The van der Waals surface area contributed by atoms with Crippen LogP contribution in [0.15, 0.2) is 60.7 Å². The van der Waals surface area contributed by atoms with Crippen LogP contribution in [0.1, 0.15) is 19.4 Å². The van der Waals surface area contributed by atoms with Crippen LogP contribution < -0.4 is 10.6 Å². The Kier molecular flexibility index (Phi) is 5.55. The summed E-state index contributed by atoms with van der Waals surface area (Å²) in [4.78, 5) is 12.0. The Hall–Kier alpha value is -2.33. The molecule has 2 rings (SSSR count). The molecule has 0 spiro atoms. The Balaban J connectivity index is 1.76. The van der Waals surface area contributed by atoms with Gasteiger partial charge in [-0.3, -0.25) is 0 Å². The second kappa shape index (κ2) is 7.61. The van der Waals surface area contributed by atoms with Crippen LogP contribution in [0.5, 0.6) is 0 Å². The zero-order valence-electron chi connectivity index (χ0n) is 13.0. The van der Waals surface area contributed by atoms with Crippen molar-refractivity contribution in [2.24, 2.45) is 0 Å². The number of carbonyl (C=O) groups excluding carboxylic acids is 1. The summed E-state index contributed by atoms with van der Waals surface area (Å²) in [6.45, 7) is 4.83. The quantitative estimate of drug-likeness (QED) is 0.852. The highest BCUT2D eigenvalue weighted by Crippen LogP contribution is 2.09. The average molecular weight is 298 g/mol. The molecular formula is C18H22N2O2. The Morgan fingerprint density at radius 2 is 1.59 bits per heavy atom. The summed E-state index contributed by atoms with van der Waals surface area (Å²) >= 11 is 0. The van der Waals surface area contributed by atoms with Gasteiger partial charge in [0.25, 0.3) is 0 Å². The molecule has 2 amide bonds. The summed E-state index contributed by atoms with van der Waals surface area (Å²) in [6.07, 6.45) is 0. The normalized spacial score (nSPS) is 11.0. The van der Waals surface area contributed by atoms with E-state index in [-0.39, 0.29) is 6.03 Å². The van der Waals surface area contributed by atoms with Gasteiger partial charge in [0.15, 0.2) is 0 Å². The van der Waals surface area contributed by atoms with Crippen molar-refractivity contribution in [2.45, 2.75) is 26.0 Å². The molecule has 0 aliphatic rings. The molecule has 0 aromatic heterocycles. The highest BCUT2D eigenvalue weighted by atomic mass is 16.5. The van der Waals surface area contributed by atoms with E-state index < -0.39 is 5.54 Å². The van der Waals surface area contributed by atoms with E-state index in [9.17, 15) is 4.79 Å². The van der Waals surface area contributed by atoms with Crippen LogP contribution in [0.2, 0.25) is 0 Å². The molecule has 2 N–H and O–H groups in total. The molecule has 0 bridgehead atoms. The number of urea groups is 1. The van der Waals surface area contributed by atoms with Crippen LogP contribution in [-0.2, 0) is 11.3 Å². The second-order valence-corrected chi connectivity index (χ2v) is 5.81. The number of hydrogen-bond donors (Lipinski definition) is 2. The fourth-order valence-corrected chi connectivity index (χ4v) is 2.03. The number of nitrogens with one attached hydrogen (secondary N) is 2. The minimum atomic E-state index is -0.451. The molecule has 0 aliphatic heterocycles. The van der Waals surface area contributed by atoms with Gasteiger partial charge < -0.3 is 15.4 Å². The van der Waals surface area contributed by atoms with E-state index >= 15 is 0 Å². The summed E-state index contributed by atoms with van der Waals surface area (Å²) in [7, 11) is 0. The predicted molar refractivity (Wildman–Crippen MR) is 88.8 cm³/mol. The molecule has 2 aromatic rings. The van der Waals surface area contributed by atoms with E-state index in [1.807, 2.05) is 74.5 Å². The molecule has 4 nitrogen and oxygen atoms in total. The number of rotatable bonds is 6. The van der Waals surface area contributed by atoms with Gasteiger partial charge in [0.1, 0.15) is 0 Å². The molecule has 4 heteroatoms. The van der Waals surface area contributed by atoms with Crippen molar-refractivity contribution in [3.05, 3.63) is 66.2 Å². The molecule has 0 unspecified atom stereocenters. The number of ether oxygens (including phenoxy) is 1. The topological polar surface area (TPSA) is 50.4 Å². The van der Waals surface area contributed by atoms with Gasteiger partial charge in [-0.25, -0.2) is 4.79 Å². The van der Waals surface area contributed by atoms with Crippen molar-refractivity contribution in [2.75, 3.05) is 11.9 Å². The highest BCUT2D eigenvalue weighted by molar-refractivity contribution is 5.89. The van der Waals surface area contributed by atoms with Crippen LogP contribution in [0.25, 0.3) is 0 Å². The monoisotopic (exact) mass is 298 g/mol. The molecule has 22 heavy (non-hydrogen) atoms.